The molecule has 27 heavy (non-hydrogen) atoms. The summed E-state index contributed by atoms with van der Waals surface area (Å²) in [6, 6.07) is 13.0. The van der Waals surface area contributed by atoms with Crippen LogP contribution in [0.1, 0.15) is 22.3 Å². The number of fused-ring (bicyclic) bond motifs is 2. The molecule has 6 heteroatoms. The Morgan fingerprint density at radius 1 is 1.07 bits per heavy atom. The summed E-state index contributed by atoms with van der Waals surface area (Å²) in [5, 5.41) is 0. The molecule has 4 rings (SSSR count). The molecule has 2 aromatic rings. The number of methoxy groups -OCH3 is 2. The molecule has 2 aromatic carbocycles. The van der Waals surface area contributed by atoms with Gasteiger partial charge in [0.1, 0.15) is 11.5 Å². The molecule has 0 aromatic heterocycles. The number of carbonyl (C=O) groups is 2. The fourth-order valence-corrected chi connectivity index (χ4v) is 4.21. The van der Waals surface area contributed by atoms with Crippen LogP contribution in [0.15, 0.2) is 42.5 Å². The zero-order valence-electron chi connectivity index (χ0n) is 15.7. The fraction of sp³-hybridized carbons (Fsp3) is 0.333. The summed E-state index contributed by atoms with van der Waals surface area (Å²) in [5.74, 6) is 1.06. The first-order chi connectivity index (χ1) is 13.0. The Balaban J connectivity index is 1.66. The summed E-state index contributed by atoms with van der Waals surface area (Å²) in [6.45, 7) is 0.915. The van der Waals surface area contributed by atoms with Crippen molar-refractivity contribution >= 4 is 17.5 Å². The lowest BCUT2D eigenvalue weighted by Crippen LogP contribution is -2.42. The van der Waals surface area contributed by atoms with Gasteiger partial charge >= 0.3 is 0 Å². The minimum absolute atomic E-state index is 0.0576. The predicted octanol–water partition coefficient (Wildman–Crippen LogP) is 2.46. The van der Waals surface area contributed by atoms with Crippen LogP contribution in [0, 0.1) is 0 Å². The van der Waals surface area contributed by atoms with Gasteiger partial charge in [-0.25, -0.2) is 0 Å². The normalized spacial score (nSPS) is 20.9. The number of likely N-dealkylation sites (tertiary alicyclic amines) is 1. The number of ether oxygens (including phenoxy) is 2. The maximum Gasteiger partial charge on any atom is 0.254 e. The molecule has 0 radical (unpaired) electrons. The maximum absolute atomic E-state index is 13.1. The minimum atomic E-state index is -0.649. The van der Waals surface area contributed by atoms with Crippen LogP contribution in [0.3, 0.4) is 0 Å². The molecule has 2 aliphatic heterocycles. The van der Waals surface area contributed by atoms with E-state index in [0.717, 1.165) is 11.3 Å². The van der Waals surface area contributed by atoms with Gasteiger partial charge < -0.3 is 19.3 Å². The molecule has 2 aliphatic rings. The monoisotopic (exact) mass is 366 g/mol. The molecular formula is C21H22N2O4. The van der Waals surface area contributed by atoms with Gasteiger partial charge in [-0.1, -0.05) is 18.2 Å². The second-order valence-electron chi connectivity index (χ2n) is 7.04. The van der Waals surface area contributed by atoms with Crippen LogP contribution < -0.4 is 14.4 Å². The van der Waals surface area contributed by atoms with Gasteiger partial charge in [-0.3, -0.25) is 9.59 Å². The van der Waals surface area contributed by atoms with Crippen molar-refractivity contribution in [1.29, 1.82) is 0 Å². The largest absolute Gasteiger partial charge is 0.497 e. The van der Waals surface area contributed by atoms with E-state index in [1.165, 1.54) is 0 Å². The molecule has 0 aliphatic carbocycles. The van der Waals surface area contributed by atoms with Crippen molar-refractivity contribution in [3.8, 4) is 11.5 Å². The summed E-state index contributed by atoms with van der Waals surface area (Å²) in [6.07, 6.45) is 0.625. The van der Waals surface area contributed by atoms with E-state index in [0.29, 0.717) is 36.6 Å². The number of amides is 2. The van der Waals surface area contributed by atoms with Gasteiger partial charge in [0.15, 0.2) is 0 Å². The number of rotatable bonds is 3. The highest BCUT2D eigenvalue weighted by atomic mass is 16.5. The Kier molecular flexibility index (Phi) is 4.06. The average Bonchev–Trinajstić information content (AvgIpc) is 3.25. The molecule has 140 valence electrons. The van der Waals surface area contributed by atoms with Gasteiger partial charge in [-0.15, -0.1) is 0 Å². The van der Waals surface area contributed by atoms with Crippen molar-refractivity contribution in [3.63, 3.8) is 0 Å². The molecule has 0 saturated carbocycles. The number of para-hydroxylation sites is 1. The van der Waals surface area contributed by atoms with Gasteiger partial charge in [0, 0.05) is 37.5 Å². The molecule has 6 nitrogen and oxygen atoms in total. The third kappa shape index (κ3) is 2.55. The lowest BCUT2D eigenvalue weighted by molar-refractivity contribution is -0.122. The highest BCUT2D eigenvalue weighted by molar-refractivity contribution is 6.09. The van der Waals surface area contributed by atoms with E-state index in [-0.39, 0.29) is 11.8 Å². The molecule has 0 unspecified atom stereocenters. The number of benzene rings is 2. The standard InChI is InChI=1S/C21H22N2O4/c1-22-18-7-5-4-6-17(18)21(20(22)25)8-9-23(13-21)19(24)14-10-15(26-2)12-16(11-14)27-3/h4-7,10-12H,8-9,13H2,1-3H3/t21-/m0/s1. The van der Waals surface area contributed by atoms with E-state index in [4.69, 9.17) is 9.47 Å². The minimum Gasteiger partial charge on any atom is -0.497 e. The SMILES string of the molecule is COc1cc(OC)cc(C(=O)N2CC[C@@]3(C2)C(=O)N(C)c2ccccc23)c1. The van der Waals surface area contributed by atoms with Crippen molar-refractivity contribution in [2.24, 2.45) is 0 Å². The Bertz CT molecular complexity index is 904. The van der Waals surface area contributed by atoms with Crippen LogP contribution in [0.25, 0.3) is 0 Å². The molecule has 2 amide bonds. The van der Waals surface area contributed by atoms with Crippen LogP contribution in [-0.2, 0) is 10.2 Å². The molecule has 1 fully saturated rings. The summed E-state index contributed by atoms with van der Waals surface area (Å²) in [7, 11) is 4.91. The first-order valence-corrected chi connectivity index (χ1v) is 8.90. The highest BCUT2D eigenvalue weighted by Gasteiger charge is 2.54. The molecule has 1 spiro atoms. The lowest BCUT2D eigenvalue weighted by Gasteiger charge is -2.23. The van der Waals surface area contributed by atoms with Crippen LogP contribution in [-0.4, -0.2) is 51.1 Å². The maximum atomic E-state index is 13.1. The Hall–Kier alpha value is -3.02. The third-order valence-electron chi connectivity index (χ3n) is 5.65. The summed E-state index contributed by atoms with van der Waals surface area (Å²) in [5.41, 5.74) is 1.79. The molecule has 1 saturated heterocycles. The van der Waals surface area contributed by atoms with Crippen LogP contribution >= 0.6 is 0 Å². The van der Waals surface area contributed by atoms with Crippen LogP contribution in [0.5, 0.6) is 11.5 Å². The van der Waals surface area contributed by atoms with Crippen molar-refractivity contribution < 1.29 is 19.1 Å². The smallest absolute Gasteiger partial charge is 0.254 e. The van der Waals surface area contributed by atoms with Crippen molar-refractivity contribution in [3.05, 3.63) is 53.6 Å². The van der Waals surface area contributed by atoms with Gasteiger partial charge in [0.2, 0.25) is 5.91 Å². The second kappa shape index (κ2) is 6.30. The molecular weight excluding hydrogens is 344 g/mol. The van der Waals surface area contributed by atoms with Crippen LogP contribution in [0.2, 0.25) is 0 Å². The number of carbonyl (C=O) groups excluding carboxylic acids is 2. The number of hydrogen-bond acceptors (Lipinski definition) is 4. The van der Waals surface area contributed by atoms with Crippen LogP contribution in [0.4, 0.5) is 5.69 Å². The number of likely N-dealkylation sites (N-methyl/N-ethyl adjacent to an activating group) is 1. The van der Waals surface area contributed by atoms with E-state index in [1.54, 1.807) is 49.3 Å². The zero-order chi connectivity index (χ0) is 19.2. The Labute approximate surface area is 158 Å². The van der Waals surface area contributed by atoms with E-state index in [1.807, 2.05) is 24.3 Å². The summed E-state index contributed by atoms with van der Waals surface area (Å²) >= 11 is 0. The lowest BCUT2D eigenvalue weighted by atomic mass is 9.81. The quantitative estimate of drug-likeness (QED) is 0.837. The second-order valence-corrected chi connectivity index (χ2v) is 7.04. The average molecular weight is 366 g/mol. The van der Waals surface area contributed by atoms with Crippen molar-refractivity contribution in [1.82, 2.24) is 4.90 Å². The molecule has 2 heterocycles. The van der Waals surface area contributed by atoms with Crippen molar-refractivity contribution in [2.45, 2.75) is 11.8 Å². The van der Waals surface area contributed by atoms with Gasteiger partial charge in [-0.2, -0.15) is 0 Å². The third-order valence-corrected chi connectivity index (χ3v) is 5.65. The first-order valence-electron chi connectivity index (χ1n) is 8.90. The molecule has 1 atom stereocenters. The zero-order valence-corrected chi connectivity index (χ0v) is 15.7. The molecule has 0 N–H and O–H groups in total. The van der Waals surface area contributed by atoms with Gasteiger partial charge in [-0.05, 0) is 30.2 Å². The first kappa shape index (κ1) is 17.4. The van der Waals surface area contributed by atoms with E-state index < -0.39 is 5.41 Å². The number of hydrogen-bond donors (Lipinski definition) is 0. The van der Waals surface area contributed by atoms with E-state index in [2.05, 4.69) is 0 Å². The fourth-order valence-electron chi connectivity index (χ4n) is 4.21. The van der Waals surface area contributed by atoms with Gasteiger partial charge in [0.05, 0.1) is 19.6 Å². The van der Waals surface area contributed by atoms with E-state index >= 15 is 0 Å². The summed E-state index contributed by atoms with van der Waals surface area (Å²) in [4.78, 5) is 29.6. The highest BCUT2D eigenvalue weighted by Crippen LogP contribution is 2.46. The van der Waals surface area contributed by atoms with Gasteiger partial charge in [0.25, 0.3) is 5.91 Å². The molecule has 0 bridgehead atoms. The number of anilines is 1. The predicted molar refractivity (Wildman–Crippen MR) is 102 cm³/mol. The summed E-state index contributed by atoms with van der Waals surface area (Å²) < 4.78 is 10.5. The van der Waals surface area contributed by atoms with Crippen molar-refractivity contribution in [2.75, 3.05) is 39.3 Å². The van der Waals surface area contributed by atoms with E-state index in [9.17, 15) is 9.59 Å². The Morgan fingerprint density at radius 2 is 1.74 bits per heavy atom. The Morgan fingerprint density at radius 3 is 2.41 bits per heavy atom. The topological polar surface area (TPSA) is 59.1 Å². The number of nitrogens with zero attached hydrogens (tertiary/aromatic N) is 2.